The van der Waals surface area contributed by atoms with E-state index in [4.69, 9.17) is 9.47 Å². The van der Waals surface area contributed by atoms with Gasteiger partial charge in [-0.3, -0.25) is 0 Å². The first-order chi connectivity index (χ1) is 11.8. The largest absolute Gasteiger partial charge is 0.454 e. The Morgan fingerprint density at radius 2 is 2.00 bits per heavy atom. The summed E-state index contributed by atoms with van der Waals surface area (Å²) in [4.78, 5) is 11.9. The highest BCUT2D eigenvalue weighted by Gasteiger charge is 2.12. The molecule has 4 rings (SSSR count). The molecule has 8 nitrogen and oxygen atoms in total. The summed E-state index contributed by atoms with van der Waals surface area (Å²) in [5.74, 6) is 1.36. The van der Waals surface area contributed by atoms with Gasteiger partial charge in [0.15, 0.2) is 11.5 Å². The first-order valence-corrected chi connectivity index (χ1v) is 7.73. The van der Waals surface area contributed by atoms with Gasteiger partial charge in [0.1, 0.15) is 11.0 Å². The van der Waals surface area contributed by atoms with Crippen LogP contribution in [0.4, 0.5) is 10.5 Å². The second kappa shape index (κ2) is 6.13. The summed E-state index contributed by atoms with van der Waals surface area (Å²) in [5, 5.41) is 6.59. The number of amides is 2. The molecule has 1 aromatic heterocycles. The number of aromatic nitrogens is 2. The summed E-state index contributed by atoms with van der Waals surface area (Å²) in [6.45, 7) is 0.218. The zero-order valence-corrected chi connectivity index (χ0v) is 13.0. The number of carbonyl (C=O) groups excluding carboxylic acids is 1. The highest BCUT2D eigenvalue weighted by molar-refractivity contribution is 7.00. The number of ether oxygens (including phenoxy) is 2. The van der Waals surface area contributed by atoms with E-state index in [1.165, 1.54) is 6.21 Å². The summed E-state index contributed by atoms with van der Waals surface area (Å²) in [6.07, 6.45) is 1.52. The smallest absolute Gasteiger partial charge is 0.339 e. The molecule has 0 saturated heterocycles. The van der Waals surface area contributed by atoms with E-state index in [1.54, 1.807) is 30.3 Å². The number of urea groups is 1. The average Bonchev–Trinajstić information content (AvgIpc) is 3.22. The molecule has 2 N–H and O–H groups in total. The van der Waals surface area contributed by atoms with Gasteiger partial charge in [-0.2, -0.15) is 13.8 Å². The number of hydrogen-bond donors (Lipinski definition) is 2. The minimum Gasteiger partial charge on any atom is -0.454 e. The van der Waals surface area contributed by atoms with Crippen LogP contribution in [0.15, 0.2) is 41.5 Å². The van der Waals surface area contributed by atoms with Crippen molar-refractivity contribution >= 4 is 40.7 Å². The number of nitrogens with zero attached hydrogens (tertiary/aromatic N) is 3. The number of hydrazone groups is 1. The number of hydrogen-bond acceptors (Lipinski definition) is 7. The first-order valence-electron chi connectivity index (χ1n) is 7.00. The van der Waals surface area contributed by atoms with Gasteiger partial charge in [-0.25, -0.2) is 10.2 Å². The van der Waals surface area contributed by atoms with E-state index in [0.717, 1.165) is 28.3 Å². The maximum Gasteiger partial charge on any atom is 0.339 e. The maximum absolute atomic E-state index is 11.9. The maximum atomic E-state index is 11.9. The van der Waals surface area contributed by atoms with Crippen molar-refractivity contribution in [2.75, 3.05) is 12.1 Å². The number of benzene rings is 2. The Kier molecular flexibility index (Phi) is 3.67. The predicted molar refractivity (Wildman–Crippen MR) is 89.7 cm³/mol. The third-order valence-electron chi connectivity index (χ3n) is 3.29. The van der Waals surface area contributed by atoms with Crippen molar-refractivity contribution in [3.8, 4) is 11.5 Å². The number of rotatable bonds is 3. The molecule has 0 saturated carbocycles. The van der Waals surface area contributed by atoms with E-state index >= 15 is 0 Å². The van der Waals surface area contributed by atoms with Crippen LogP contribution in [0.25, 0.3) is 11.0 Å². The number of nitrogens with one attached hydrogen (secondary N) is 2. The summed E-state index contributed by atoms with van der Waals surface area (Å²) < 4.78 is 18.7. The molecule has 2 aromatic carbocycles. The molecule has 2 amide bonds. The van der Waals surface area contributed by atoms with Gasteiger partial charge in [-0.15, -0.1) is 0 Å². The van der Waals surface area contributed by atoms with Gasteiger partial charge in [0.05, 0.1) is 17.9 Å². The lowest BCUT2D eigenvalue weighted by molar-refractivity contribution is 0.174. The van der Waals surface area contributed by atoms with Crippen LogP contribution >= 0.6 is 11.7 Å². The Labute approximate surface area is 140 Å². The molecule has 3 aromatic rings. The third-order valence-corrected chi connectivity index (χ3v) is 3.84. The van der Waals surface area contributed by atoms with E-state index in [1.807, 2.05) is 6.07 Å². The fourth-order valence-corrected chi connectivity index (χ4v) is 2.70. The molecule has 24 heavy (non-hydrogen) atoms. The van der Waals surface area contributed by atoms with E-state index in [2.05, 4.69) is 24.6 Å². The van der Waals surface area contributed by atoms with Gasteiger partial charge in [0.25, 0.3) is 0 Å². The van der Waals surface area contributed by atoms with Crippen molar-refractivity contribution in [2.24, 2.45) is 5.10 Å². The number of anilines is 1. The SMILES string of the molecule is O=C(NN=Cc1ccc2c(c1)OCO2)Nc1ccc2nsnc2c1. The highest BCUT2D eigenvalue weighted by Crippen LogP contribution is 2.31. The molecule has 9 heteroatoms. The fraction of sp³-hybridized carbons (Fsp3) is 0.0667. The second-order valence-electron chi connectivity index (χ2n) is 4.90. The van der Waals surface area contributed by atoms with Crippen LogP contribution in [-0.4, -0.2) is 27.8 Å². The van der Waals surface area contributed by atoms with Crippen molar-refractivity contribution in [3.05, 3.63) is 42.0 Å². The molecular formula is C15H11N5O3S. The Morgan fingerprint density at radius 3 is 2.96 bits per heavy atom. The Morgan fingerprint density at radius 1 is 1.12 bits per heavy atom. The Bertz CT molecular complexity index is 940. The highest BCUT2D eigenvalue weighted by atomic mass is 32.1. The van der Waals surface area contributed by atoms with Gasteiger partial charge in [0.2, 0.25) is 6.79 Å². The monoisotopic (exact) mass is 341 g/mol. The topological polar surface area (TPSA) is 97.7 Å². The van der Waals surface area contributed by atoms with Crippen LogP contribution in [0.5, 0.6) is 11.5 Å². The molecule has 0 spiro atoms. The number of fused-ring (bicyclic) bond motifs is 2. The Hall–Kier alpha value is -3.20. The molecule has 1 aliphatic rings. The van der Waals surface area contributed by atoms with Gasteiger partial charge < -0.3 is 14.8 Å². The molecule has 0 atom stereocenters. The second-order valence-corrected chi connectivity index (χ2v) is 5.43. The van der Waals surface area contributed by atoms with Crippen molar-refractivity contribution in [3.63, 3.8) is 0 Å². The minimum absolute atomic E-state index is 0.218. The predicted octanol–water partition coefficient (Wildman–Crippen LogP) is 2.58. The Balaban J connectivity index is 1.37. The van der Waals surface area contributed by atoms with Gasteiger partial charge in [0, 0.05) is 5.69 Å². The van der Waals surface area contributed by atoms with Crippen molar-refractivity contribution < 1.29 is 14.3 Å². The fourth-order valence-electron chi connectivity index (χ4n) is 2.18. The average molecular weight is 341 g/mol. The molecule has 0 radical (unpaired) electrons. The molecule has 0 fully saturated rings. The number of carbonyl (C=O) groups is 1. The van der Waals surface area contributed by atoms with Crippen molar-refractivity contribution in [2.45, 2.75) is 0 Å². The molecule has 0 bridgehead atoms. The van der Waals surface area contributed by atoms with Crippen LogP contribution in [-0.2, 0) is 0 Å². The molecular weight excluding hydrogens is 330 g/mol. The minimum atomic E-state index is -0.450. The normalized spacial score (nSPS) is 12.7. The third kappa shape index (κ3) is 2.97. The summed E-state index contributed by atoms with van der Waals surface area (Å²) in [6, 6.07) is 10.2. The molecule has 120 valence electrons. The van der Waals surface area contributed by atoms with Gasteiger partial charge in [-0.05, 0) is 42.0 Å². The van der Waals surface area contributed by atoms with Crippen LogP contribution in [0.1, 0.15) is 5.56 Å². The van der Waals surface area contributed by atoms with E-state index in [0.29, 0.717) is 17.2 Å². The van der Waals surface area contributed by atoms with Crippen LogP contribution in [0, 0.1) is 0 Å². The van der Waals surface area contributed by atoms with E-state index in [-0.39, 0.29) is 6.79 Å². The van der Waals surface area contributed by atoms with Crippen molar-refractivity contribution in [1.82, 2.24) is 14.2 Å². The lowest BCUT2D eigenvalue weighted by Gasteiger charge is -2.03. The van der Waals surface area contributed by atoms with Crippen LogP contribution < -0.4 is 20.2 Å². The summed E-state index contributed by atoms with van der Waals surface area (Å²) in [5.41, 5.74) is 5.34. The van der Waals surface area contributed by atoms with E-state index < -0.39 is 6.03 Å². The molecule has 2 heterocycles. The molecule has 1 aliphatic heterocycles. The lowest BCUT2D eigenvalue weighted by atomic mass is 10.2. The molecule has 0 aliphatic carbocycles. The lowest BCUT2D eigenvalue weighted by Crippen LogP contribution is -2.24. The quantitative estimate of drug-likeness (QED) is 0.564. The van der Waals surface area contributed by atoms with E-state index in [9.17, 15) is 4.79 Å². The van der Waals surface area contributed by atoms with Crippen molar-refractivity contribution in [1.29, 1.82) is 0 Å². The summed E-state index contributed by atoms with van der Waals surface area (Å²) in [7, 11) is 0. The first kappa shape index (κ1) is 14.4. The summed E-state index contributed by atoms with van der Waals surface area (Å²) >= 11 is 1.13. The van der Waals surface area contributed by atoms with Crippen LogP contribution in [0.2, 0.25) is 0 Å². The zero-order valence-electron chi connectivity index (χ0n) is 12.2. The van der Waals surface area contributed by atoms with Gasteiger partial charge in [-0.1, -0.05) is 0 Å². The zero-order chi connectivity index (χ0) is 16.4. The van der Waals surface area contributed by atoms with Gasteiger partial charge >= 0.3 is 6.03 Å². The van der Waals surface area contributed by atoms with Crippen LogP contribution in [0.3, 0.4) is 0 Å². The standard InChI is InChI=1S/C15H11N5O3S/c21-15(17-10-2-3-11-12(6-10)20-24-19-11)18-16-7-9-1-4-13-14(5-9)23-8-22-13/h1-7H,8H2,(H2,17,18,21). The molecule has 0 unspecified atom stereocenters.